The molecule has 0 aliphatic heterocycles. The number of nitrogens with zero attached hydrogens (tertiary/aromatic N) is 3. The molecule has 0 spiro atoms. The molecule has 4 nitrogen and oxygen atoms in total. The maximum atomic E-state index is 4.39. The number of halogens is 1. The maximum absolute atomic E-state index is 4.39. The highest BCUT2D eigenvalue weighted by Gasteiger charge is 2.11. The molecule has 0 atom stereocenters. The van der Waals surface area contributed by atoms with Gasteiger partial charge in [-0.3, -0.25) is 0 Å². The fourth-order valence-electron chi connectivity index (χ4n) is 2.13. The molecule has 0 bridgehead atoms. The van der Waals surface area contributed by atoms with E-state index in [1.807, 2.05) is 46.0 Å². The van der Waals surface area contributed by atoms with Gasteiger partial charge in [0, 0.05) is 5.10 Å². The van der Waals surface area contributed by atoms with Crippen LogP contribution in [0.25, 0.3) is 5.69 Å². The van der Waals surface area contributed by atoms with E-state index in [0.29, 0.717) is 0 Å². The molecule has 0 aliphatic carbocycles. The van der Waals surface area contributed by atoms with E-state index in [1.54, 1.807) is 6.33 Å². The molecular formula is C16H17ClN4. The number of para-hydroxylation sites is 2. The SMILES string of the molecule is Cc1ccccc1N[n+]1cnn(-c2ccccc2C)c1.[Cl-]. The van der Waals surface area contributed by atoms with Crippen LogP contribution in [0, 0.1) is 13.8 Å². The van der Waals surface area contributed by atoms with Crippen LogP contribution >= 0.6 is 0 Å². The van der Waals surface area contributed by atoms with Crippen LogP contribution in [0.3, 0.4) is 0 Å². The lowest BCUT2D eigenvalue weighted by Crippen LogP contribution is -3.00. The summed E-state index contributed by atoms with van der Waals surface area (Å²) in [6, 6.07) is 16.4. The van der Waals surface area contributed by atoms with E-state index in [9.17, 15) is 0 Å². The average Bonchev–Trinajstić information content (AvgIpc) is 2.90. The molecule has 3 rings (SSSR count). The molecule has 0 fully saturated rings. The molecule has 1 N–H and O–H groups in total. The van der Waals surface area contributed by atoms with Gasteiger partial charge in [0.2, 0.25) is 0 Å². The molecule has 21 heavy (non-hydrogen) atoms. The van der Waals surface area contributed by atoms with E-state index in [1.165, 1.54) is 11.1 Å². The standard InChI is InChI=1S/C16H17N4.ClH/c1-13-7-3-5-9-15(13)18-19-11-17-20(12-19)16-10-6-4-8-14(16)2;/h3-12,18H,1-2H3;1H/q+1;/p-1. The molecule has 108 valence electrons. The van der Waals surface area contributed by atoms with E-state index in [0.717, 1.165) is 11.4 Å². The van der Waals surface area contributed by atoms with Crippen molar-refractivity contribution in [3.8, 4) is 5.69 Å². The van der Waals surface area contributed by atoms with Crippen LogP contribution in [0.2, 0.25) is 0 Å². The topological polar surface area (TPSA) is 33.7 Å². The molecule has 5 heteroatoms. The van der Waals surface area contributed by atoms with Gasteiger partial charge < -0.3 is 12.4 Å². The van der Waals surface area contributed by atoms with Crippen molar-refractivity contribution < 1.29 is 17.1 Å². The minimum Gasteiger partial charge on any atom is -1.00 e. The van der Waals surface area contributed by atoms with E-state index in [4.69, 9.17) is 0 Å². The van der Waals surface area contributed by atoms with Crippen molar-refractivity contribution in [2.24, 2.45) is 0 Å². The molecule has 0 amide bonds. The fourth-order valence-corrected chi connectivity index (χ4v) is 2.13. The van der Waals surface area contributed by atoms with Crippen LogP contribution in [0.1, 0.15) is 11.1 Å². The van der Waals surface area contributed by atoms with Crippen LogP contribution in [-0.2, 0) is 0 Å². The van der Waals surface area contributed by atoms with Crippen LogP contribution < -0.4 is 22.5 Å². The lowest BCUT2D eigenvalue weighted by Gasteiger charge is -2.04. The quantitative estimate of drug-likeness (QED) is 0.671. The summed E-state index contributed by atoms with van der Waals surface area (Å²) in [4.78, 5) is 0. The van der Waals surface area contributed by atoms with Gasteiger partial charge in [0.25, 0.3) is 12.7 Å². The Hall–Kier alpha value is -2.33. The number of hydrogen-bond donors (Lipinski definition) is 1. The van der Waals surface area contributed by atoms with Crippen LogP contribution in [0.15, 0.2) is 61.2 Å². The molecule has 0 saturated heterocycles. The summed E-state index contributed by atoms with van der Waals surface area (Å²) in [6.45, 7) is 4.16. The third-order valence-corrected chi connectivity index (χ3v) is 3.29. The molecule has 0 aliphatic rings. The third-order valence-electron chi connectivity index (χ3n) is 3.29. The van der Waals surface area contributed by atoms with E-state index >= 15 is 0 Å². The Balaban J connectivity index is 0.00000161. The van der Waals surface area contributed by atoms with Crippen molar-refractivity contribution in [2.45, 2.75) is 13.8 Å². The Morgan fingerprint density at radius 3 is 2.33 bits per heavy atom. The lowest BCUT2D eigenvalue weighted by atomic mass is 10.2. The molecule has 3 aromatic rings. The zero-order valence-electron chi connectivity index (χ0n) is 12.0. The molecule has 0 radical (unpaired) electrons. The van der Waals surface area contributed by atoms with Crippen molar-refractivity contribution in [3.05, 3.63) is 72.3 Å². The Kier molecular flexibility index (Phi) is 4.60. The highest BCUT2D eigenvalue weighted by molar-refractivity contribution is 5.48. The van der Waals surface area contributed by atoms with Gasteiger partial charge in [-0.2, -0.15) is 0 Å². The monoisotopic (exact) mass is 300 g/mol. The van der Waals surface area contributed by atoms with E-state index in [-0.39, 0.29) is 12.4 Å². The highest BCUT2D eigenvalue weighted by Crippen LogP contribution is 2.12. The summed E-state index contributed by atoms with van der Waals surface area (Å²) < 4.78 is 3.72. The number of hydrogen-bond acceptors (Lipinski definition) is 2. The first-order valence-corrected chi connectivity index (χ1v) is 6.58. The summed E-state index contributed by atoms with van der Waals surface area (Å²) in [5.74, 6) is 0. The predicted octanol–water partition coefficient (Wildman–Crippen LogP) is -0.344. The Morgan fingerprint density at radius 2 is 1.62 bits per heavy atom. The smallest absolute Gasteiger partial charge is 0.287 e. The van der Waals surface area contributed by atoms with Crippen LogP contribution in [0.4, 0.5) is 5.69 Å². The average molecular weight is 301 g/mol. The zero-order valence-corrected chi connectivity index (χ0v) is 12.7. The minimum absolute atomic E-state index is 0. The second-order valence-electron chi connectivity index (χ2n) is 4.81. The van der Waals surface area contributed by atoms with Crippen molar-refractivity contribution >= 4 is 5.69 Å². The minimum atomic E-state index is 0. The largest absolute Gasteiger partial charge is 1.00 e. The molecule has 2 aromatic carbocycles. The van der Waals surface area contributed by atoms with E-state index in [2.05, 4.69) is 42.6 Å². The van der Waals surface area contributed by atoms with Crippen molar-refractivity contribution in [2.75, 3.05) is 5.43 Å². The van der Waals surface area contributed by atoms with E-state index < -0.39 is 0 Å². The van der Waals surface area contributed by atoms with Gasteiger partial charge in [0.15, 0.2) is 0 Å². The van der Waals surface area contributed by atoms with Gasteiger partial charge in [-0.1, -0.05) is 41.1 Å². The zero-order chi connectivity index (χ0) is 13.9. The number of benzene rings is 2. The Bertz CT molecular complexity index is 736. The van der Waals surface area contributed by atoms with Gasteiger partial charge >= 0.3 is 0 Å². The van der Waals surface area contributed by atoms with Gasteiger partial charge in [-0.15, -0.1) is 4.68 Å². The second-order valence-corrected chi connectivity index (χ2v) is 4.81. The molecule has 0 saturated carbocycles. The summed E-state index contributed by atoms with van der Waals surface area (Å²) in [5.41, 5.74) is 7.86. The molecule has 1 heterocycles. The summed E-state index contributed by atoms with van der Waals surface area (Å²) in [7, 11) is 0. The Morgan fingerprint density at radius 1 is 0.952 bits per heavy atom. The van der Waals surface area contributed by atoms with Gasteiger partial charge in [-0.25, -0.2) is 5.43 Å². The lowest BCUT2D eigenvalue weighted by molar-refractivity contribution is -0.643. The predicted molar refractivity (Wildman–Crippen MR) is 78.7 cm³/mol. The first kappa shape index (κ1) is 15.1. The first-order valence-electron chi connectivity index (χ1n) is 6.58. The van der Waals surface area contributed by atoms with Gasteiger partial charge in [0.1, 0.15) is 5.69 Å². The summed E-state index contributed by atoms with van der Waals surface area (Å²) in [5, 5.41) is 4.39. The van der Waals surface area contributed by atoms with Gasteiger partial charge in [0.05, 0.1) is 5.69 Å². The first-order chi connectivity index (χ1) is 9.74. The molecular weight excluding hydrogens is 284 g/mol. The van der Waals surface area contributed by atoms with Crippen molar-refractivity contribution in [3.63, 3.8) is 0 Å². The number of aromatic nitrogens is 3. The number of aryl methyl sites for hydroxylation is 2. The normalized spacial score (nSPS) is 10.0. The van der Waals surface area contributed by atoms with Crippen molar-refractivity contribution in [1.82, 2.24) is 9.78 Å². The maximum Gasteiger partial charge on any atom is 0.287 e. The van der Waals surface area contributed by atoms with Crippen LogP contribution in [-0.4, -0.2) is 9.78 Å². The summed E-state index contributed by atoms with van der Waals surface area (Å²) in [6.07, 6.45) is 3.69. The molecule has 1 aromatic heterocycles. The molecule has 0 unspecified atom stereocenters. The Labute approximate surface area is 130 Å². The van der Waals surface area contributed by atoms with Crippen molar-refractivity contribution in [1.29, 1.82) is 0 Å². The second kappa shape index (κ2) is 6.41. The fraction of sp³-hybridized carbons (Fsp3) is 0.125. The number of nitrogens with one attached hydrogen (secondary N) is 1. The highest BCUT2D eigenvalue weighted by atomic mass is 35.5. The number of anilines is 1. The number of rotatable bonds is 3. The van der Waals surface area contributed by atoms with Crippen LogP contribution in [0.5, 0.6) is 0 Å². The summed E-state index contributed by atoms with van der Waals surface area (Å²) >= 11 is 0. The van der Waals surface area contributed by atoms with Gasteiger partial charge in [-0.05, 0) is 37.1 Å². The third kappa shape index (κ3) is 3.23.